The Labute approximate surface area is 298 Å². The molecule has 0 radical (unpaired) electrons. The van der Waals surface area contributed by atoms with E-state index in [-0.39, 0.29) is 60.3 Å². The third-order valence-corrected chi connectivity index (χ3v) is 6.66. The van der Waals surface area contributed by atoms with Gasteiger partial charge in [0.05, 0.1) is 41.0 Å². The van der Waals surface area contributed by atoms with E-state index in [1.54, 1.807) is 0 Å². The summed E-state index contributed by atoms with van der Waals surface area (Å²) in [5, 5.41) is 14.5. The Bertz CT molecular complexity index is 1480. The molecule has 0 unspecified atom stereocenters. The molecule has 0 atom stereocenters. The molecule has 0 saturated carbocycles. The van der Waals surface area contributed by atoms with Gasteiger partial charge in [-0.3, -0.25) is 0 Å². The number of benzene rings is 2. The Balaban J connectivity index is 0.00000400. The van der Waals surface area contributed by atoms with Crippen LogP contribution < -0.4 is 34.0 Å². The molecule has 0 saturated heterocycles. The number of oxime groups is 2. The summed E-state index contributed by atoms with van der Waals surface area (Å²) in [6, 6.07) is 4.48. The van der Waals surface area contributed by atoms with Gasteiger partial charge in [-0.15, -0.1) is 10.2 Å². The van der Waals surface area contributed by atoms with Gasteiger partial charge in [0.2, 0.25) is 11.8 Å². The minimum atomic E-state index is -1.01. The molecule has 0 aliphatic carbocycles. The fraction of sp³-hybridized carbons (Fsp3) is 0.438. The van der Waals surface area contributed by atoms with Gasteiger partial charge in [-0.2, -0.15) is 0 Å². The molecule has 0 spiro atoms. The van der Waals surface area contributed by atoms with Crippen molar-refractivity contribution < 1.29 is 79.6 Å². The molecule has 2 aromatic rings. The first-order chi connectivity index (χ1) is 21.9. The van der Waals surface area contributed by atoms with Gasteiger partial charge in [0.1, 0.15) is 39.4 Å². The Kier molecular flexibility index (Phi) is 15.8. The van der Waals surface area contributed by atoms with Gasteiger partial charge in [-0.25, -0.2) is 17.6 Å². The van der Waals surface area contributed by atoms with Crippen LogP contribution in [0, 0.1) is 47.0 Å². The summed E-state index contributed by atoms with van der Waals surface area (Å²) < 4.78 is 70.9. The quantitative estimate of drug-likeness (QED) is 0.138. The third-order valence-electron chi connectivity index (χ3n) is 6.66. The lowest BCUT2D eigenvalue weighted by atomic mass is 10.1. The molecule has 4 rings (SSSR count). The molecular weight excluding hydrogens is 768 g/mol. The van der Waals surface area contributed by atoms with Gasteiger partial charge < -0.3 is 62.1 Å². The highest BCUT2D eigenvalue weighted by Crippen LogP contribution is 2.30. The Morgan fingerprint density at radius 2 is 1.00 bits per heavy atom. The van der Waals surface area contributed by atoms with Crippen molar-refractivity contribution in [3.8, 4) is 23.7 Å². The van der Waals surface area contributed by atoms with E-state index in [4.69, 9.17) is 19.1 Å². The van der Waals surface area contributed by atoms with Crippen molar-refractivity contribution in [2.45, 2.75) is 25.9 Å². The predicted molar refractivity (Wildman–Crippen MR) is 162 cm³/mol. The summed E-state index contributed by atoms with van der Waals surface area (Å²) in [4.78, 5) is 9.70. The molecular formula is C32H36Br2F4N6O4. The normalized spacial score (nSPS) is 13.8. The van der Waals surface area contributed by atoms with E-state index in [1.165, 1.54) is 0 Å². The second-order valence-corrected chi connectivity index (χ2v) is 11.9. The fourth-order valence-electron chi connectivity index (χ4n) is 4.48. The summed E-state index contributed by atoms with van der Waals surface area (Å²) in [5.41, 5.74) is -0.792. The van der Waals surface area contributed by atoms with Crippen molar-refractivity contribution in [3.05, 3.63) is 58.7 Å². The minimum Gasteiger partial charge on any atom is -1.00 e. The Hall–Kier alpha value is -3.70. The number of rotatable bonds is 10. The van der Waals surface area contributed by atoms with Crippen LogP contribution in [0.4, 0.5) is 28.9 Å². The van der Waals surface area contributed by atoms with Crippen LogP contribution in [0.2, 0.25) is 0 Å². The van der Waals surface area contributed by atoms with Gasteiger partial charge in [0.25, 0.3) is 0 Å². The highest BCUT2D eigenvalue weighted by atomic mass is 79.9. The second-order valence-electron chi connectivity index (χ2n) is 11.9. The van der Waals surface area contributed by atoms with Crippen LogP contribution in [0.15, 0.2) is 44.8 Å². The van der Waals surface area contributed by atoms with Gasteiger partial charge in [0, 0.05) is 11.1 Å². The number of ether oxygens (including phenoxy) is 2. The fourth-order valence-corrected chi connectivity index (χ4v) is 4.48. The van der Waals surface area contributed by atoms with Crippen molar-refractivity contribution in [2.75, 3.05) is 67.7 Å². The van der Waals surface area contributed by atoms with E-state index in [0.717, 1.165) is 24.3 Å². The second kappa shape index (κ2) is 18.7. The van der Waals surface area contributed by atoms with Crippen LogP contribution in [-0.2, 0) is 32.2 Å². The monoisotopic (exact) mass is 802 g/mol. The molecule has 0 N–H and O–H groups in total. The zero-order chi connectivity index (χ0) is 33.2. The van der Waals surface area contributed by atoms with Crippen molar-refractivity contribution in [2.24, 2.45) is 20.5 Å². The summed E-state index contributed by atoms with van der Waals surface area (Å²) in [7, 11) is 7.43. The Morgan fingerprint density at radius 3 is 1.31 bits per heavy atom. The average molecular weight is 804 g/mol. The number of hydrogen-bond acceptors (Lipinski definition) is 8. The molecule has 2 heterocycles. The maximum Gasteiger partial charge on any atom is 0.230 e. The van der Waals surface area contributed by atoms with E-state index in [9.17, 15) is 17.6 Å². The molecule has 260 valence electrons. The first kappa shape index (κ1) is 40.5. The first-order valence-corrected chi connectivity index (χ1v) is 14.5. The minimum absolute atomic E-state index is 0. The highest BCUT2D eigenvalue weighted by molar-refractivity contribution is 5.77. The lowest BCUT2D eigenvalue weighted by Gasteiger charge is -2.27. The largest absolute Gasteiger partial charge is 1.00 e. The Morgan fingerprint density at radius 1 is 0.646 bits per heavy atom. The molecule has 48 heavy (non-hydrogen) atoms. The zero-order valence-electron chi connectivity index (χ0n) is 27.0. The van der Waals surface area contributed by atoms with Gasteiger partial charge >= 0.3 is 0 Å². The molecule has 16 heteroatoms. The SMILES string of the molecule is C[N+](C)(CC#CCOC1=NOCC1)Cc1cc(F)c(N=Nc2c(F)cc(C[N+](C)(C)CC#CCOC3=NOCC3)cc2F)c(F)c1.[Br-].[Br-]. The standard InChI is InChI=1S/C32H36F4N6O4.2BrH/c1-41(2,11-5-7-13-43-29-9-15-45-39-29)21-23-17-25(33)31(26(34)18-23)37-38-32-27(35)19-24(20-28(32)36)22-42(3,4)12-6-8-14-44-30-10-16-46-40-30;;/h17-20H,9-16,21-22H2,1-4H3;2*1H/q+2;;/p-2. The first-order valence-electron chi connectivity index (χ1n) is 14.5. The third kappa shape index (κ3) is 12.7. The van der Waals surface area contributed by atoms with Crippen LogP contribution in [-0.4, -0.2) is 88.5 Å². The van der Waals surface area contributed by atoms with E-state index in [0.29, 0.717) is 71.0 Å². The van der Waals surface area contributed by atoms with Crippen molar-refractivity contribution in [3.63, 3.8) is 0 Å². The molecule has 0 bridgehead atoms. The molecule has 2 aliphatic heterocycles. The lowest BCUT2D eigenvalue weighted by Crippen LogP contribution is -3.00. The topological polar surface area (TPSA) is 86.4 Å². The predicted octanol–water partition coefficient (Wildman–Crippen LogP) is -0.673. The van der Waals surface area contributed by atoms with E-state index < -0.39 is 34.6 Å². The number of azo groups is 1. The summed E-state index contributed by atoms with van der Waals surface area (Å²) in [6.07, 6.45) is 1.21. The van der Waals surface area contributed by atoms with Gasteiger partial charge in [0.15, 0.2) is 47.9 Å². The number of quaternary nitrogens is 2. The van der Waals surface area contributed by atoms with Gasteiger partial charge in [-0.1, -0.05) is 22.2 Å². The van der Waals surface area contributed by atoms with Gasteiger partial charge in [-0.05, 0) is 36.1 Å². The maximum atomic E-state index is 14.9. The summed E-state index contributed by atoms with van der Waals surface area (Å²) >= 11 is 0. The van der Waals surface area contributed by atoms with E-state index in [2.05, 4.69) is 44.2 Å². The lowest BCUT2D eigenvalue weighted by molar-refractivity contribution is -0.896. The van der Waals surface area contributed by atoms with Crippen LogP contribution >= 0.6 is 0 Å². The molecule has 0 aromatic heterocycles. The van der Waals surface area contributed by atoms with Crippen LogP contribution in [0.25, 0.3) is 0 Å². The average Bonchev–Trinajstić information content (AvgIpc) is 3.68. The van der Waals surface area contributed by atoms with Crippen molar-refractivity contribution in [1.82, 2.24) is 0 Å². The zero-order valence-corrected chi connectivity index (χ0v) is 30.1. The van der Waals surface area contributed by atoms with Crippen molar-refractivity contribution >= 4 is 23.2 Å². The number of nitrogens with zero attached hydrogens (tertiary/aromatic N) is 6. The molecule has 10 nitrogen and oxygen atoms in total. The van der Waals surface area contributed by atoms with Crippen LogP contribution in [0.1, 0.15) is 24.0 Å². The summed E-state index contributed by atoms with van der Waals surface area (Å²) in [5.74, 6) is 8.71. The summed E-state index contributed by atoms with van der Waals surface area (Å²) in [6.45, 7) is 2.58. The molecule has 0 fully saturated rings. The molecule has 2 aromatic carbocycles. The van der Waals surface area contributed by atoms with Crippen LogP contribution in [0.5, 0.6) is 0 Å². The van der Waals surface area contributed by atoms with E-state index >= 15 is 0 Å². The smallest absolute Gasteiger partial charge is 0.230 e. The van der Waals surface area contributed by atoms with E-state index in [1.807, 2.05) is 28.2 Å². The highest BCUT2D eigenvalue weighted by Gasteiger charge is 2.21. The van der Waals surface area contributed by atoms with Crippen molar-refractivity contribution in [1.29, 1.82) is 0 Å². The van der Waals surface area contributed by atoms with Crippen LogP contribution in [0.3, 0.4) is 0 Å². The maximum absolute atomic E-state index is 14.9. The number of halogens is 6. The molecule has 2 aliphatic rings. The molecule has 0 amide bonds. The number of hydrogen-bond donors (Lipinski definition) is 0.